The van der Waals surface area contributed by atoms with Crippen LogP contribution in [0.1, 0.15) is 65.5 Å². The zero-order chi connectivity index (χ0) is 18.2. The molecule has 0 radical (unpaired) electrons. The molecule has 1 aromatic carbocycles. The summed E-state index contributed by atoms with van der Waals surface area (Å²) in [5.74, 6) is -0.191. The molecule has 0 aliphatic rings. The third kappa shape index (κ3) is 6.74. The second-order valence-electron chi connectivity index (χ2n) is 7.25. The van der Waals surface area contributed by atoms with Crippen LogP contribution >= 0.6 is 0 Å². The Morgan fingerprint density at radius 2 is 1.79 bits per heavy atom. The van der Waals surface area contributed by atoms with Crippen molar-refractivity contribution < 1.29 is 9.53 Å². The molecule has 0 atom stereocenters. The lowest BCUT2D eigenvalue weighted by Crippen LogP contribution is -2.10. The van der Waals surface area contributed by atoms with Crippen LogP contribution in [0.25, 0.3) is 0 Å². The lowest BCUT2D eigenvalue weighted by molar-refractivity contribution is -0.138. The number of esters is 1. The van der Waals surface area contributed by atoms with Gasteiger partial charge in [-0.3, -0.25) is 0 Å². The van der Waals surface area contributed by atoms with Gasteiger partial charge in [0, 0.05) is 5.57 Å². The number of hydrogen-bond acceptors (Lipinski definition) is 2. The van der Waals surface area contributed by atoms with Gasteiger partial charge in [0.2, 0.25) is 0 Å². The summed E-state index contributed by atoms with van der Waals surface area (Å²) in [4.78, 5) is 11.7. The summed E-state index contributed by atoms with van der Waals surface area (Å²) in [6.45, 7) is 13.0. The number of rotatable bonds is 7. The molecule has 24 heavy (non-hydrogen) atoms. The van der Waals surface area contributed by atoms with E-state index in [4.69, 9.17) is 4.74 Å². The maximum Gasteiger partial charge on any atom is 0.333 e. The summed E-state index contributed by atoms with van der Waals surface area (Å²) in [7, 11) is 0. The van der Waals surface area contributed by atoms with E-state index in [1.54, 1.807) is 0 Å². The summed E-state index contributed by atoms with van der Waals surface area (Å²) in [6, 6.07) is 8.88. The molecule has 0 unspecified atom stereocenters. The van der Waals surface area contributed by atoms with Crippen LogP contribution in [0.5, 0.6) is 0 Å². The fourth-order valence-corrected chi connectivity index (χ4v) is 2.58. The number of carbonyl (C=O) groups excluding carboxylic acids is 1. The average molecular weight is 328 g/mol. The lowest BCUT2D eigenvalue weighted by Gasteiger charge is -2.19. The highest BCUT2D eigenvalue weighted by molar-refractivity contribution is 5.88. The largest absolute Gasteiger partial charge is 0.463 e. The number of benzene rings is 1. The van der Waals surface area contributed by atoms with Crippen LogP contribution in [0.15, 0.2) is 47.6 Å². The summed E-state index contributed by atoms with van der Waals surface area (Å²) < 4.78 is 5.06. The molecule has 0 aliphatic heterocycles. The number of hydrogen-bond donors (Lipinski definition) is 0. The maximum absolute atomic E-state index is 11.7. The van der Waals surface area contributed by atoms with Crippen LogP contribution in [0.2, 0.25) is 0 Å². The third-order valence-electron chi connectivity index (χ3n) is 4.10. The minimum Gasteiger partial charge on any atom is -0.463 e. The minimum atomic E-state index is -0.191. The fraction of sp³-hybridized carbons (Fsp3) is 0.500. The van der Waals surface area contributed by atoms with Crippen LogP contribution < -0.4 is 0 Å². The average Bonchev–Trinajstić information content (AvgIpc) is 2.51. The van der Waals surface area contributed by atoms with Crippen molar-refractivity contribution in [1.82, 2.24) is 0 Å². The summed E-state index contributed by atoms with van der Waals surface area (Å²) in [5, 5.41) is 0. The van der Waals surface area contributed by atoms with Crippen molar-refractivity contribution >= 4 is 5.97 Å². The van der Waals surface area contributed by atoms with Gasteiger partial charge in [0.05, 0.1) is 6.61 Å². The Hall–Kier alpha value is -1.83. The number of allylic oxidation sites excluding steroid dienone is 3. The monoisotopic (exact) mass is 328 g/mol. The molecule has 132 valence electrons. The van der Waals surface area contributed by atoms with E-state index in [0.717, 1.165) is 24.8 Å². The maximum atomic E-state index is 11.7. The molecule has 0 aliphatic carbocycles. The van der Waals surface area contributed by atoms with E-state index in [1.807, 2.05) is 19.9 Å². The molecular formula is C22H32O2. The van der Waals surface area contributed by atoms with Crippen LogP contribution in [-0.2, 0) is 21.4 Å². The van der Waals surface area contributed by atoms with E-state index < -0.39 is 0 Å². The van der Waals surface area contributed by atoms with Gasteiger partial charge in [-0.2, -0.15) is 0 Å². The first-order chi connectivity index (χ1) is 11.3. The van der Waals surface area contributed by atoms with Crippen molar-refractivity contribution in [3.8, 4) is 0 Å². The normalized spacial score (nSPS) is 13.1. The predicted molar refractivity (Wildman–Crippen MR) is 102 cm³/mol. The van der Waals surface area contributed by atoms with E-state index in [0.29, 0.717) is 6.61 Å². The van der Waals surface area contributed by atoms with Crippen molar-refractivity contribution in [3.05, 3.63) is 58.7 Å². The van der Waals surface area contributed by atoms with Crippen LogP contribution in [0.3, 0.4) is 0 Å². The van der Waals surface area contributed by atoms with E-state index in [1.165, 1.54) is 16.7 Å². The Kier molecular flexibility index (Phi) is 7.97. The first kappa shape index (κ1) is 20.2. The van der Waals surface area contributed by atoms with Gasteiger partial charge in [-0.25, -0.2) is 4.79 Å². The first-order valence-electron chi connectivity index (χ1n) is 8.85. The summed E-state index contributed by atoms with van der Waals surface area (Å²) in [5.41, 5.74) is 4.97. The highest BCUT2D eigenvalue weighted by atomic mass is 16.5. The Bertz CT molecular complexity index is 583. The summed E-state index contributed by atoms with van der Waals surface area (Å²) in [6.07, 6.45) is 6.63. The summed E-state index contributed by atoms with van der Waals surface area (Å²) >= 11 is 0. The van der Waals surface area contributed by atoms with E-state index in [9.17, 15) is 4.79 Å². The molecule has 0 amide bonds. The zero-order valence-corrected chi connectivity index (χ0v) is 16.1. The molecule has 1 rings (SSSR count). The van der Waals surface area contributed by atoms with Gasteiger partial charge in [0.15, 0.2) is 0 Å². The van der Waals surface area contributed by atoms with Gasteiger partial charge < -0.3 is 4.74 Å². The quantitative estimate of drug-likeness (QED) is 0.361. The van der Waals surface area contributed by atoms with Crippen molar-refractivity contribution in [2.24, 2.45) is 0 Å². The standard InChI is InChI=1S/C22H32O2/c1-7-19(21(23)24-8-2)11-9-10-17(3)16-18-12-14-20(15-13-18)22(4,5)6/h7,10,12-15H,8-9,11,16H2,1-6H3. The molecule has 0 N–H and O–H groups in total. The molecule has 0 saturated heterocycles. The highest BCUT2D eigenvalue weighted by Crippen LogP contribution is 2.23. The van der Waals surface area contributed by atoms with Crippen molar-refractivity contribution in [1.29, 1.82) is 0 Å². The van der Waals surface area contributed by atoms with E-state index in [-0.39, 0.29) is 11.4 Å². The Balaban J connectivity index is 2.57. The highest BCUT2D eigenvalue weighted by Gasteiger charge is 2.12. The molecule has 0 bridgehead atoms. The van der Waals surface area contributed by atoms with Crippen molar-refractivity contribution in [2.45, 2.75) is 66.2 Å². The van der Waals surface area contributed by atoms with Gasteiger partial charge in [0.1, 0.15) is 0 Å². The van der Waals surface area contributed by atoms with Gasteiger partial charge in [-0.05, 0) is 56.6 Å². The Morgan fingerprint density at radius 1 is 1.17 bits per heavy atom. The molecular weight excluding hydrogens is 296 g/mol. The second-order valence-corrected chi connectivity index (χ2v) is 7.25. The van der Waals surface area contributed by atoms with Crippen LogP contribution in [0.4, 0.5) is 0 Å². The minimum absolute atomic E-state index is 0.191. The number of carbonyl (C=O) groups is 1. The number of ether oxygens (including phenoxy) is 1. The molecule has 0 heterocycles. The molecule has 2 heteroatoms. The molecule has 0 saturated carbocycles. The SMILES string of the molecule is CC=C(CCC=C(C)Cc1ccc(C(C)(C)C)cc1)C(=O)OCC. The van der Waals surface area contributed by atoms with Gasteiger partial charge in [-0.1, -0.05) is 62.8 Å². The van der Waals surface area contributed by atoms with Gasteiger partial charge in [-0.15, -0.1) is 0 Å². The molecule has 2 nitrogen and oxygen atoms in total. The molecule has 1 aromatic rings. The van der Waals surface area contributed by atoms with E-state index in [2.05, 4.69) is 58.0 Å². The molecule has 0 spiro atoms. The Labute approximate surface area is 147 Å². The smallest absolute Gasteiger partial charge is 0.333 e. The van der Waals surface area contributed by atoms with Crippen molar-refractivity contribution in [2.75, 3.05) is 6.61 Å². The van der Waals surface area contributed by atoms with Gasteiger partial charge >= 0.3 is 5.97 Å². The molecule has 0 aromatic heterocycles. The first-order valence-corrected chi connectivity index (χ1v) is 8.85. The van der Waals surface area contributed by atoms with Crippen LogP contribution in [-0.4, -0.2) is 12.6 Å². The third-order valence-corrected chi connectivity index (χ3v) is 4.10. The Morgan fingerprint density at radius 3 is 2.29 bits per heavy atom. The van der Waals surface area contributed by atoms with Gasteiger partial charge in [0.25, 0.3) is 0 Å². The second kappa shape index (κ2) is 9.46. The van der Waals surface area contributed by atoms with E-state index >= 15 is 0 Å². The fourth-order valence-electron chi connectivity index (χ4n) is 2.58. The zero-order valence-electron chi connectivity index (χ0n) is 16.1. The topological polar surface area (TPSA) is 26.3 Å². The molecule has 0 fully saturated rings. The van der Waals surface area contributed by atoms with Crippen molar-refractivity contribution in [3.63, 3.8) is 0 Å². The predicted octanol–water partition coefficient (Wildman–Crippen LogP) is 5.76. The van der Waals surface area contributed by atoms with Crippen LogP contribution in [0, 0.1) is 0 Å². The lowest BCUT2D eigenvalue weighted by atomic mass is 9.86.